The molecule has 1 aromatic heterocycles. The Labute approximate surface area is 140 Å². The van der Waals surface area contributed by atoms with Crippen LogP contribution in [0.1, 0.15) is 0 Å². The van der Waals surface area contributed by atoms with Gasteiger partial charge in [-0.2, -0.15) is 0 Å². The molecule has 3 aromatic rings. The lowest BCUT2D eigenvalue weighted by Gasteiger charge is -2.11. The molecule has 2 heterocycles. The van der Waals surface area contributed by atoms with Gasteiger partial charge in [0.1, 0.15) is 11.0 Å². The zero-order chi connectivity index (χ0) is 17.7. The van der Waals surface area contributed by atoms with E-state index in [1.54, 1.807) is 0 Å². The Kier molecular flexibility index (Phi) is 3.14. The predicted octanol–water partition coefficient (Wildman–Crippen LogP) is 2.31. The largest absolute Gasteiger partial charge is 0.504 e. The van der Waals surface area contributed by atoms with E-state index in [0.717, 1.165) is 0 Å². The molecule has 0 unspecified atom stereocenters. The molecule has 0 fully saturated rings. The van der Waals surface area contributed by atoms with E-state index in [4.69, 9.17) is 18.6 Å². The van der Waals surface area contributed by atoms with E-state index in [2.05, 4.69) is 0 Å². The van der Waals surface area contributed by atoms with Crippen LogP contribution in [0.15, 0.2) is 33.5 Å². The van der Waals surface area contributed by atoms with Crippen molar-refractivity contribution in [2.45, 2.75) is 0 Å². The van der Waals surface area contributed by atoms with Gasteiger partial charge in [-0.05, 0) is 18.2 Å². The predicted molar refractivity (Wildman–Crippen MR) is 85.6 cm³/mol. The summed E-state index contributed by atoms with van der Waals surface area (Å²) in [5.41, 5.74) is -0.236. The summed E-state index contributed by atoms with van der Waals surface area (Å²) in [6.45, 7) is -0.0801. The molecule has 8 nitrogen and oxygen atoms in total. The number of fused-ring (bicyclic) bond motifs is 2. The van der Waals surface area contributed by atoms with Gasteiger partial charge in [0.2, 0.25) is 23.7 Å². The SMILES string of the molecule is COc1c(-c2ccc(O)c(O)c2)oc2cc3c(c(O)c2c1=O)OCO3. The van der Waals surface area contributed by atoms with Gasteiger partial charge in [-0.25, -0.2) is 0 Å². The molecule has 4 rings (SSSR count). The summed E-state index contributed by atoms with van der Waals surface area (Å²) in [6.07, 6.45) is 0. The van der Waals surface area contributed by atoms with Gasteiger partial charge in [-0.3, -0.25) is 4.79 Å². The molecule has 0 bridgehead atoms. The Balaban J connectivity index is 2.07. The maximum Gasteiger partial charge on any atom is 0.239 e. The van der Waals surface area contributed by atoms with Crippen molar-refractivity contribution >= 4 is 11.0 Å². The van der Waals surface area contributed by atoms with Crippen LogP contribution in [0.2, 0.25) is 0 Å². The lowest BCUT2D eigenvalue weighted by atomic mass is 10.1. The summed E-state index contributed by atoms with van der Waals surface area (Å²) >= 11 is 0. The normalized spacial score (nSPS) is 12.5. The van der Waals surface area contributed by atoms with Crippen molar-refractivity contribution in [3.8, 4) is 45.8 Å². The van der Waals surface area contributed by atoms with Crippen molar-refractivity contribution in [2.75, 3.05) is 13.9 Å². The molecule has 0 atom stereocenters. The molecular formula is C17H12O8. The molecule has 0 spiro atoms. The number of hydrogen-bond donors (Lipinski definition) is 3. The first-order valence-electron chi connectivity index (χ1n) is 7.20. The number of benzene rings is 2. The Hall–Kier alpha value is -3.55. The molecular weight excluding hydrogens is 332 g/mol. The van der Waals surface area contributed by atoms with Crippen LogP contribution >= 0.6 is 0 Å². The highest BCUT2D eigenvalue weighted by Gasteiger charge is 2.27. The summed E-state index contributed by atoms with van der Waals surface area (Å²) in [5.74, 6) is -0.894. The van der Waals surface area contributed by atoms with Crippen LogP contribution in [0.4, 0.5) is 0 Å². The monoisotopic (exact) mass is 344 g/mol. The fourth-order valence-corrected chi connectivity index (χ4v) is 2.72. The number of methoxy groups -OCH3 is 1. The number of rotatable bonds is 2. The Morgan fingerprint density at radius 3 is 2.60 bits per heavy atom. The number of phenols is 3. The van der Waals surface area contributed by atoms with E-state index in [-0.39, 0.29) is 52.3 Å². The van der Waals surface area contributed by atoms with Crippen molar-refractivity contribution in [3.05, 3.63) is 34.5 Å². The van der Waals surface area contributed by atoms with Crippen LogP contribution in [-0.4, -0.2) is 29.2 Å². The zero-order valence-corrected chi connectivity index (χ0v) is 12.9. The minimum atomic E-state index is -0.609. The topological polar surface area (TPSA) is 119 Å². The lowest BCUT2D eigenvalue weighted by Crippen LogP contribution is -2.08. The smallest absolute Gasteiger partial charge is 0.239 e. The van der Waals surface area contributed by atoms with Gasteiger partial charge >= 0.3 is 0 Å². The van der Waals surface area contributed by atoms with Crippen molar-refractivity contribution in [3.63, 3.8) is 0 Å². The van der Waals surface area contributed by atoms with Crippen LogP contribution in [-0.2, 0) is 0 Å². The van der Waals surface area contributed by atoms with Crippen LogP contribution in [0.3, 0.4) is 0 Å². The average molecular weight is 344 g/mol. The van der Waals surface area contributed by atoms with Crippen LogP contribution < -0.4 is 19.6 Å². The third kappa shape index (κ3) is 2.11. The van der Waals surface area contributed by atoms with Gasteiger partial charge in [-0.1, -0.05) is 0 Å². The third-order valence-electron chi connectivity index (χ3n) is 3.90. The minimum absolute atomic E-state index is 0.0357. The van der Waals surface area contributed by atoms with Gasteiger partial charge in [-0.15, -0.1) is 0 Å². The second-order valence-corrected chi connectivity index (χ2v) is 5.33. The number of ether oxygens (including phenoxy) is 3. The standard InChI is InChI=1S/C17H12O8/c1-22-17-14(21)12-10(5-11-16(13(12)20)24-6-23-11)25-15(17)7-2-3-8(18)9(19)4-7/h2-5,18-20H,6H2,1H3. The molecule has 1 aliphatic rings. The first kappa shape index (κ1) is 15.0. The van der Waals surface area contributed by atoms with Crippen LogP contribution in [0, 0.1) is 0 Å². The molecule has 0 saturated heterocycles. The quantitative estimate of drug-likeness (QED) is 0.606. The van der Waals surface area contributed by atoms with E-state index in [1.165, 1.54) is 31.4 Å². The maximum absolute atomic E-state index is 12.8. The highest BCUT2D eigenvalue weighted by molar-refractivity contribution is 5.91. The second kappa shape index (κ2) is 5.23. The molecule has 25 heavy (non-hydrogen) atoms. The van der Waals surface area contributed by atoms with E-state index in [9.17, 15) is 20.1 Å². The maximum atomic E-state index is 12.8. The fourth-order valence-electron chi connectivity index (χ4n) is 2.72. The third-order valence-corrected chi connectivity index (χ3v) is 3.90. The first-order chi connectivity index (χ1) is 12.0. The Bertz CT molecular complexity index is 1070. The number of aromatic hydroxyl groups is 3. The average Bonchev–Trinajstić information content (AvgIpc) is 3.06. The molecule has 3 N–H and O–H groups in total. The highest BCUT2D eigenvalue weighted by atomic mass is 16.7. The summed E-state index contributed by atoms with van der Waals surface area (Å²) in [6, 6.07) is 5.37. The molecule has 2 aromatic carbocycles. The summed E-state index contributed by atoms with van der Waals surface area (Å²) in [4.78, 5) is 12.8. The fraction of sp³-hybridized carbons (Fsp3) is 0.118. The summed E-state index contributed by atoms with van der Waals surface area (Å²) in [7, 11) is 1.28. The number of phenolic OH excluding ortho intramolecular Hbond substituents is 3. The van der Waals surface area contributed by atoms with E-state index in [0.29, 0.717) is 5.56 Å². The molecule has 8 heteroatoms. The van der Waals surface area contributed by atoms with E-state index >= 15 is 0 Å². The van der Waals surface area contributed by atoms with Gasteiger partial charge < -0.3 is 33.9 Å². The first-order valence-corrected chi connectivity index (χ1v) is 7.20. The van der Waals surface area contributed by atoms with Gasteiger partial charge in [0.25, 0.3) is 0 Å². The van der Waals surface area contributed by atoms with E-state index < -0.39 is 11.2 Å². The molecule has 0 radical (unpaired) electrons. The molecule has 1 aliphatic heterocycles. The van der Waals surface area contributed by atoms with Crippen molar-refractivity contribution in [2.24, 2.45) is 0 Å². The lowest BCUT2D eigenvalue weighted by molar-refractivity contribution is 0.171. The van der Waals surface area contributed by atoms with Crippen LogP contribution in [0.25, 0.3) is 22.3 Å². The number of hydrogen-bond acceptors (Lipinski definition) is 8. The van der Waals surface area contributed by atoms with E-state index in [1.807, 2.05) is 0 Å². The summed E-state index contributed by atoms with van der Waals surface area (Å²) in [5, 5.41) is 29.4. The highest BCUT2D eigenvalue weighted by Crippen LogP contribution is 2.46. The summed E-state index contributed by atoms with van der Waals surface area (Å²) < 4.78 is 21.3. The van der Waals surface area contributed by atoms with Gasteiger partial charge in [0, 0.05) is 11.6 Å². The Morgan fingerprint density at radius 2 is 1.88 bits per heavy atom. The molecule has 128 valence electrons. The minimum Gasteiger partial charge on any atom is -0.504 e. The zero-order valence-electron chi connectivity index (χ0n) is 12.9. The van der Waals surface area contributed by atoms with Crippen molar-refractivity contribution in [1.82, 2.24) is 0 Å². The molecule has 0 saturated carbocycles. The van der Waals surface area contributed by atoms with Gasteiger partial charge in [0.05, 0.1) is 7.11 Å². The van der Waals surface area contributed by atoms with Gasteiger partial charge in [0.15, 0.2) is 28.8 Å². The second-order valence-electron chi connectivity index (χ2n) is 5.33. The van der Waals surface area contributed by atoms with Crippen LogP contribution in [0.5, 0.6) is 34.5 Å². The molecule has 0 aliphatic carbocycles. The van der Waals surface area contributed by atoms with Crippen molar-refractivity contribution < 1.29 is 33.9 Å². The van der Waals surface area contributed by atoms with Crippen molar-refractivity contribution in [1.29, 1.82) is 0 Å². The molecule has 0 amide bonds. The Morgan fingerprint density at radius 1 is 1.08 bits per heavy atom.